The van der Waals surface area contributed by atoms with Crippen LogP contribution in [0.15, 0.2) is 10.6 Å². The second kappa shape index (κ2) is 6.77. The summed E-state index contributed by atoms with van der Waals surface area (Å²) in [6, 6.07) is 1.99. The van der Waals surface area contributed by atoms with Crippen molar-refractivity contribution in [1.29, 1.82) is 0 Å². The van der Waals surface area contributed by atoms with Crippen molar-refractivity contribution in [3.05, 3.63) is 17.5 Å². The van der Waals surface area contributed by atoms with Crippen LogP contribution in [-0.4, -0.2) is 24.8 Å². The van der Waals surface area contributed by atoms with E-state index in [1.807, 2.05) is 13.0 Å². The monoisotopic (exact) mass is 237 g/mol. The van der Waals surface area contributed by atoms with E-state index in [1.54, 1.807) is 0 Å². The second-order valence-electron chi connectivity index (χ2n) is 4.95. The van der Waals surface area contributed by atoms with Crippen molar-refractivity contribution < 1.29 is 4.52 Å². The number of aromatic nitrogens is 1. The fourth-order valence-corrected chi connectivity index (χ4v) is 2.40. The van der Waals surface area contributed by atoms with Crippen molar-refractivity contribution in [2.24, 2.45) is 5.92 Å². The van der Waals surface area contributed by atoms with Crippen LogP contribution in [0.2, 0.25) is 0 Å². The van der Waals surface area contributed by atoms with Crippen molar-refractivity contribution in [3.8, 4) is 0 Å². The van der Waals surface area contributed by atoms with Crippen LogP contribution in [-0.2, 0) is 6.54 Å². The molecule has 4 nitrogen and oxygen atoms in total. The van der Waals surface area contributed by atoms with Gasteiger partial charge in [0.15, 0.2) is 5.76 Å². The van der Waals surface area contributed by atoms with Crippen LogP contribution in [0.1, 0.15) is 37.1 Å². The van der Waals surface area contributed by atoms with Crippen LogP contribution < -0.4 is 10.6 Å². The summed E-state index contributed by atoms with van der Waals surface area (Å²) >= 11 is 0. The predicted molar refractivity (Wildman–Crippen MR) is 67.8 cm³/mol. The third-order valence-electron chi connectivity index (χ3n) is 3.40. The van der Waals surface area contributed by atoms with E-state index < -0.39 is 0 Å². The Bertz CT molecular complexity index is 318. The zero-order valence-electron chi connectivity index (χ0n) is 10.7. The molecule has 1 aliphatic rings. The normalized spacial score (nSPS) is 17.5. The molecule has 0 atom stereocenters. The fourth-order valence-electron chi connectivity index (χ4n) is 2.40. The Morgan fingerprint density at radius 1 is 1.47 bits per heavy atom. The van der Waals surface area contributed by atoms with Gasteiger partial charge in [0.1, 0.15) is 0 Å². The number of rotatable bonds is 6. The Hall–Kier alpha value is -0.870. The lowest BCUT2D eigenvalue weighted by atomic mass is 9.93. The number of hydrogen-bond donors (Lipinski definition) is 2. The van der Waals surface area contributed by atoms with Crippen molar-refractivity contribution in [2.45, 2.75) is 39.2 Å². The maximum atomic E-state index is 5.14. The van der Waals surface area contributed by atoms with Gasteiger partial charge in [-0.2, -0.15) is 0 Å². The van der Waals surface area contributed by atoms with Crippen molar-refractivity contribution in [3.63, 3.8) is 0 Å². The van der Waals surface area contributed by atoms with E-state index in [-0.39, 0.29) is 0 Å². The first-order valence-corrected chi connectivity index (χ1v) is 6.68. The quantitative estimate of drug-likeness (QED) is 0.741. The second-order valence-corrected chi connectivity index (χ2v) is 4.95. The van der Waals surface area contributed by atoms with Crippen LogP contribution in [0.5, 0.6) is 0 Å². The highest BCUT2D eigenvalue weighted by atomic mass is 16.5. The van der Waals surface area contributed by atoms with Gasteiger partial charge in [0, 0.05) is 6.07 Å². The van der Waals surface area contributed by atoms with Gasteiger partial charge in [-0.3, -0.25) is 0 Å². The minimum absolute atomic E-state index is 0.799. The molecule has 4 heteroatoms. The Labute approximate surface area is 103 Å². The van der Waals surface area contributed by atoms with Gasteiger partial charge in [-0.25, -0.2) is 0 Å². The van der Waals surface area contributed by atoms with Gasteiger partial charge in [0.2, 0.25) is 0 Å². The van der Waals surface area contributed by atoms with E-state index >= 15 is 0 Å². The Morgan fingerprint density at radius 2 is 2.29 bits per heavy atom. The first-order valence-electron chi connectivity index (χ1n) is 6.68. The van der Waals surface area contributed by atoms with Crippen molar-refractivity contribution >= 4 is 0 Å². The molecule has 0 amide bonds. The van der Waals surface area contributed by atoms with Crippen LogP contribution in [0, 0.1) is 12.8 Å². The molecule has 0 unspecified atom stereocenters. The predicted octanol–water partition coefficient (Wildman–Crippen LogP) is 1.85. The van der Waals surface area contributed by atoms with Crippen LogP contribution in [0.4, 0.5) is 0 Å². The largest absolute Gasteiger partial charge is 0.360 e. The molecule has 96 valence electrons. The molecule has 2 rings (SSSR count). The number of piperidine rings is 1. The molecule has 0 bridgehead atoms. The molecule has 1 aromatic heterocycles. The zero-order valence-corrected chi connectivity index (χ0v) is 10.7. The van der Waals surface area contributed by atoms with E-state index in [9.17, 15) is 0 Å². The van der Waals surface area contributed by atoms with Gasteiger partial charge in [0.25, 0.3) is 0 Å². The molecule has 0 saturated carbocycles. The minimum Gasteiger partial charge on any atom is -0.360 e. The van der Waals surface area contributed by atoms with Gasteiger partial charge in [-0.15, -0.1) is 0 Å². The summed E-state index contributed by atoms with van der Waals surface area (Å²) in [4.78, 5) is 0. The van der Waals surface area contributed by atoms with Crippen LogP contribution in [0.25, 0.3) is 0 Å². The average Bonchev–Trinajstić information content (AvgIpc) is 2.76. The summed E-state index contributed by atoms with van der Waals surface area (Å²) in [6.07, 6.45) is 5.31. The maximum Gasteiger partial charge on any atom is 0.150 e. The Morgan fingerprint density at radius 3 is 3.00 bits per heavy atom. The third kappa shape index (κ3) is 4.48. The lowest BCUT2D eigenvalue weighted by molar-refractivity contribution is 0.339. The van der Waals surface area contributed by atoms with E-state index in [4.69, 9.17) is 4.52 Å². The van der Waals surface area contributed by atoms with E-state index in [1.165, 1.54) is 38.8 Å². The first-order chi connectivity index (χ1) is 8.34. The summed E-state index contributed by atoms with van der Waals surface area (Å²) in [7, 11) is 0. The molecule has 0 radical (unpaired) electrons. The summed E-state index contributed by atoms with van der Waals surface area (Å²) in [6.45, 7) is 6.23. The molecular weight excluding hydrogens is 214 g/mol. The highest BCUT2D eigenvalue weighted by molar-refractivity contribution is 5.02. The number of nitrogens with zero attached hydrogens (tertiary/aromatic N) is 1. The number of hydrogen-bond acceptors (Lipinski definition) is 4. The Balaban J connectivity index is 1.51. The molecule has 0 aromatic carbocycles. The molecule has 17 heavy (non-hydrogen) atoms. The summed E-state index contributed by atoms with van der Waals surface area (Å²) < 4.78 is 5.14. The highest BCUT2D eigenvalue weighted by Gasteiger charge is 2.11. The summed E-state index contributed by atoms with van der Waals surface area (Å²) in [5, 5.41) is 10.7. The molecule has 1 aromatic rings. The van der Waals surface area contributed by atoms with Crippen molar-refractivity contribution in [2.75, 3.05) is 19.6 Å². The molecule has 1 fully saturated rings. The Kier molecular flexibility index (Phi) is 5.01. The molecule has 1 aliphatic heterocycles. The molecule has 0 aliphatic carbocycles. The first kappa shape index (κ1) is 12.6. The molecule has 1 saturated heterocycles. The SMILES string of the molecule is Cc1cc(CNCCCC2CCNCC2)on1. The minimum atomic E-state index is 0.799. The van der Waals surface area contributed by atoms with Gasteiger partial charge in [0.05, 0.1) is 12.2 Å². The van der Waals surface area contributed by atoms with E-state index in [0.717, 1.165) is 30.5 Å². The summed E-state index contributed by atoms with van der Waals surface area (Å²) in [5.74, 6) is 1.87. The maximum absolute atomic E-state index is 5.14. The van der Waals surface area contributed by atoms with E-state index in [2.05, 4.69) is 15.8 Å². The van der Waals surface area contributed by atoms with Gasteiger partial charge in [-0.05, 0) is 58.2 Å². The lowest BCUT2D eigenvalue weighted by Crippen LogP contribution is -2.28. The third-order valence-corrected chi connectivity index (χ3v) is 3.40. The van der Waals surface area contributed by atoms with Crippen molar-refractivity contribution in [1.82, 2.24) is 15.8 Å². The van der Waals surface area contributed by atoms with Crippen LogP contribution >= 0.6 is 0 Å². The zero-order chi connectivity index (χ0) is 11.9. The van der Waals surface area contributed by atoms with E-state index in [0.29, 0.717) is 0 Å². The highest BCUT2D eigenvalue weighted by Crippen LogP contribution is 2.17. The smallest absolute Gasteiger partial charge is 0.150 e. The molecule has 0 spiro atoms. The molecule has 2 heterocycles. The van der Waals surface area contributed by atoms with Gasteiger partial charge >= 0.3 is 0 Å². The van der Waals surface area contributed by atoms with Gasteiger partial charge in [-0.1, -0.05) is 5.16 Å². The lowest BCUT2D eigenvalue weighted by Gasteiger charge is -2.22. The molecule has 2 N–H and O–H groups in total. The topological polar surface area (TPSA) is 50.1 Å². The molecular formula is C13H23N3O. The summed E-state index contributed by atoms with van der Waals surface area (Å²) in [5.41, 5.74) is 0.955. The van der Waals surface area contributed by atoms with Gasteiger partial charge < -0.3 is 15.2 Å². The standard InChI is InChI=1S/C13H23N3O/c1-11-9-13(17-16-11)10-15-6-2-3-12-4-7-14-8-5-12/h9,12,14-15H,2-8,10H2,1H3. The van der Waals surface area contributed by atoms with Crippen LogP contribution in [0.3, 0.4) is 0 Å². The number of aryl methyl sites for hydroxylation is 1. The fraction of sp³-hybridized carbons (Fsp3) is 0.769. The number of nitrogens with one attached hydrogen (secondary N) is 2. The average molecular weight is 237 g/mol.